The molecule has 2 amide bonds. The molecule has 2 aliphatic rings. The van der Waals surface area contributed by atoms with Gasteiger partial charge >= 0.3 is 6.03 Å². The predicted octanol–water partition coefficient (Wildman–Crippen LogP) is 2.37. The van der Waals surface area contributed by atoms with Crippen LogP contribution >= 0.6 is 0 Å². The summed E-state index contributed by atoms with van der Waals surface area (Å²) in [6, 6.07) is 10.4. The summed E-state index contributed by atoms with van der Waals surface area (Å²) in [7, 11) is 0. The number of benzene rings is 1. The zero-order valence-electron chi connectivity index (χ0n) is 15.3. The lowest BCUT2D eigenvalue weighted by Gasteiger charge is -2.35. The van der Waals surface area contributed by atoms with Gasteiger partial charge in [-0.1, -0.05) is 37.3 Å². The van der Waals surface area contributed by atoms with E-state index in [0.29, 0.717) is 25.6 Å². The third-order valence-electron chi connectivity index (χ3n) is 5.32. The highest BCUT2D eigenvalue weighted by atomic mass is 16.5. The van der Waals surface area contributed by atoms with Crippen LogP contribution in [0.5, 0.6) is 0 Å². The minimum atomic E-state index is 0.0648. The minimum Gasteiger partial charge on any atom is -0.374 e. The summed E-state index contributed by atoms with van der Waals surface area (Å²) in [6.45, 7) is 8.39. The summed E-state index contributed by atoms with van der Waals surface area (Å²) in [5, 5.41) is 3.16. The number of urea groups is 1. The summed E-state index contributed by atoms with van der Waals surface area (Å²) < 4.78 is 5.86. The molecule has 0 saturated carbocycles. The topological polar surface area (TPSA) is 44.8 Å². The van der Waals surface area contributed by atoms with Crippen molar-refractivity contribution in [3.05, 3.63) is 35.9 Å². The summed E-state index contributed by atoms with van der Waals surface area (Å²) in [5.74, 6) is 0.582. The molecule has 5 heteroatoms. The van der Waals surface area contributed by atoms with Crippen LogP contribution in [0.3, 0.4) is 0 Å². The zero-order valence-corrected chi connectivity index (χ0v) is 15.3. The van der Waals surface area contributed by atoms with Crippen molar-refractivity contribution in [1.82, 2.24) is 15.1 Å². The molecule has 0 unspecified atom stereocenters. The number of carbonyl (C=O) groups is 1. The first kappa shape index (κ1) is 18.2. The molecule has 0 radical (unpaired) electrons. The summed E-state index contributed by atoms with van der Waals surface area (Å²) in [5.41, 5.74) is 1.26. The Morgan fingerprint density at radius 3 is 2.88 bits per heavy atom. The number of likely N-dealkylation sites (tertiary alicyclic amines) is 1. The van der Waals surface area contributed by atoms with Gasteiger partial charge in [-0.2, -0.15) is 0 Å². The number of carbonyl (C=O) groups excluding carboxylic acids is 1. The Kier molecular flexibility index (Phi) is 6.70. The van der Waals surface area contributed by atoms with Crippen LogP contribution in [-0.4, -0.2) is 67.8 Å². The highest BCUT2D eigenvalue weighted by Gasteiger charge is 2.25. The molecule has 2 heterocycles. The molecular weight excluding hydrogens is 314 g/mol. The van der Waals surface area contributed by atoms with Gasteiger partial charge in [-0.15, -0.1) is 0 Å². The van der Waals surface area contributed by atoms with Crippen molar-refractivity contribution in [1.29, 1.82) is 0 Å². The van der Waals surface area contributed by atoms with Gasteiger partial charge in [0, 0.05) is 32.6 Å². The Morgan fingerprint density at radius 1 is 1.24 bits per heavy atom. The summed E-state index contributed by atoms with van der Waals surface area (Å²) in [4.78, 5) is 16.9. The molecule has 0 aromatic heterocycles. The van der Waals surface area contributed by atoms with Crippen molar-refractivity contribution < 1.29 is 9.53 Å². The van der Waals surface area contributed by atoms with Crippen molar-refractivity contribution in [2.75, 3.05) is 45.9 Å². The number of hydrogen-bond donors (Lipinski definition) is 1. The number of amides is 2. The second kappa shape index (κ2) is 9.20. The van der Waals surface area contributed by atoms with Crippen LogP contribution in [0, 0.1) is 5.92 Å². The quantitative estimate of drug-likeness (QED) is 0.891. The summed E-state index contributed by atoms with van der Waals surface area (Å²) in [6.07, 6.45) is 3.41. The average molecular weight is 345 g/mol. The second-order valence-corrected chi connectivity index (χ2v) is 7.22. The van der Waals surface area contributed by atoms with E-state index in [0.717, 1.165) is 26.1 Å². The Morgan fingerprint density at radius 2 is 2.08 bits per heavy atom. The summed E-state index contributed by atoms with van der Waals surface area (Å²) >= 11 is 0. The largest absolute Gasteiger partial charge is 0.374 e. The second-order valence-electron chi connectivity index (χ2n) is 7.22. The molecule has 0 aliphatic carbocycles. The molecule has 0 bridgehead atoms. The van der Waals surface area contributed by atoms with Gasteiger partial charge in [-0.3, -0.25) is 0 Å². The van der Waals surface area contributed by atoms with Crippen LogP contribution in [0.2, 0.25) is 0 Å². The van der Waals surface area contributed by atoms with E-state index in [9.17, 15) is 4.79 Å². The predicted molar refractivity (Wildman–Crippen MR) is 99.7 cm³/mol. The molecule has 1 aromatic rings. The van der Waals surface area contributed by atoms with Crippen LogP contribution in [0.25, 0.3) is 0 Å². The Labute approximate surface area is 151 Å². The third kappa shape index (κ3) is 5.44. The monoisotopic (exact) mass is 345 g/mol. The number of piperidine rings is 1. The first-order valence-electron chi connectivity index (χ1n) is 9.65. The highest BCUT2D eigenvalue weighted by molar-refractivity contribution is 5.74. The van der Waals surface area contributed by atoms with Crippen molar-refractivity contribution >= 4 is 6.03 Å². The van der Waals surface area contributed by atoms with Gasteiger partial charge in [0.15, 0.2) is 0 Å². The van der Waals surface area contributed by atoms with Crippen LogP contribution in [0.15, 0.2) is 30.3 Å². The van der Waals surface area contributed by atoms with Gasteiger partial charge < -0.3 is 19.9 Å². The molecular formula is C20H31N3O2. The fourth-order valence-electron chi connectivity index (χ4n) is 3.85. The Hall–Kier alpha value is -1.59. The van der Waals surface area contributed by atoms with Crippen LogP contribution < -0.4 is 5.32 Å². The van der Waals surface area contributed by atoms with E-state index in [2.05, 4.69) is 29.3 Å². The molecule has 1 N–H and O–H groups in total. The lowest BCUT2D eigenvalue weighted by molar-refractivity contribution is -0.0134. The van der Waals surface area contributed by atoms with Gasteiger partial charge in [0.05, 0.1) is 12.7 Å². The molecule has 0 spiro atoms. The van der Waals surface area contributed by atoms with Crippen LogP contribution in [0.4, 0.5) is 4.79 Å². The van der Waals surface area contributed by atoms with E-state index in [1.54, 1.807) is 0 Å². The maximum Gasteiger partial charge on any atom is 0.317 e. The third-order valence-corrected chi connectivity index (χ3v) is 5.32. The zero-order chi connectivity index (χ0) is 17.5. The highest BCUT2D eigenvalue weighted by Crippen LogP contribution is 2.16. The molecule has 2 aliphatic heterocycles. The van der Waals surface area contributed by atoms with Gasteiger partial charge in [0.2, 0.25) is 0 Å². The van der Waals surface area contributed by atoms with E-state index >= 15 is 0 Å². The molecule has 25 heavy (non-hydrogen) atoms. The minimum absolute atomic E-state index is 0.0648. The number of morpholine rings is 1. The van der Waals surface area contributed by atoms with Gasteiger partial charge in [-0.25, -0.2) is 4.79 Å². The van der Waals surface area contributed by atoms with E-state index < -0.39 is 0 Å². The molecule has 2 saturated heterocycles. The van der Waals surface area contributed by atoms with E-state index in [1.165, 1.54) is 24.9 Å². The van der Waals surface area contributed by atoms with Crippen molar-refractivity contribution in [3.8, 4) is 0 Å². The van der Waals surface area contributed by atoms with E-state index in [4.69, 9.17) is 4.74 Å². The number of nitrogens with zero attached hydrogens (tertiary/aromatic N) is 2. The maximum absolute atomic E-state index is 12.5. The molecule has 2 fully saturated rings. The fraction of sp³-hybridized carbons (Fsp3) is 0.650. The molecule has 2 atom stereocenters. The normalized spacial score (nSPS) is 24.9. The number of ether oxygens (including phenoxy) is 1. The SMILES string of the molecule is CCN1CCC[C@H](CNC(=O)N2CCO[C@@H](Cc3ccccc3)C2)C1. The van der Waals surface area contributed by atoms with Gasteiger partial charge in [-0.05, 0) is 37.4 Å². The van der Waals surface area contributed by atoms with E-state index in [-0.39, 0.29) is 12.1 Å². The van der Waals surface area contributed by atoms with Crippen molar-refractivity contribution in [2.24, 2.45) is 5.92 Å². The fourth-order valence-corrected chi connectivity index (χ4v) is 3.85. The number of rotatable bonds is 5. The molecule has 1 aromatic carbocycles. The van der Waals surface area contributed by atoms with Crippen molar-refractivity contribution in [2.45, 2.75) is 32.3 Å². The van der Waals surface area contributed by atoms with E-state index in [1.807, 2.05) is 23.1 Å². The molecule has 3 rings (SSSR count). The molecule has 5 nitrogen and oxygen atoms in total. The van der Waals surface area contributed by atoms with Gasteiger partial charge in [0.25, 0.3) is 0 Å². The van der Waals surface area contributed by atoms with Crippen LogP contribution in [0.1, 0.15) is 25.3 Å². The van der Waals surface area contributed by atoms with Crippen LogP contribution in [-0.2, 0) is 11.2 Å². The number of hydrogen-bond acceptors (Lipinski definition) is 3. The Bertz CT molecular complexity index is 537. The lowest BCUT2D eigenvalue weighted by atomic mass is 9.98. The first-order chi connectivity index (χ1) is 12.2. The maximum atomic E-state index is 12.5. The standard InChI is InChI=1S/C20H31N3O2/c1-2-22-10-6-9-18(15-22)14-21-20(24)23-11-12-25-19(16-23)13-17-7-4-3-5-8-17/h3-5,7-8,18-19H,2,6,9-16H2,1H3,(H,21,24)/t18-,19+/m1/s1. The number of nitrogens with one attached hydrogen (secondary N) is 1. The van der Waals surface area contributed by atoms with Crippen molar-refractivity contribution in [3.63, 3.8) is 0 Å². The molecule has 138 valence electrons. The lowest BCUT2D eigenvalue weighted by Crippen LogP contribution is -2.51. The average Bonchev–Trinajstić information content (AvgIpc) is 2.67. The smallest absolute Gasteiger partial charge is 0.317 e. The Balaban J connectivity index is 1.43. The van der Waals surface area contributed by atoms with Gasteiger partial charge in [0.1, 0.15) is 0 Å². The first-order valence-corrected chi connectivity index (χ1v) is 9.65.